The van der Waals surface area contributed by atoms with E-state index in [2.05, 4.69) is 74.5 Å². The minimum atomic E-state index is -0.791. The van der Waals surface area contributed by atoms with Crippen LogP contribution in [0.4, 0.5) is 0 Å². The van der Waals surface area contributed by atoms with Crippen LogP contribution in [0.1, 0.15) is 41.0 Å². The molecule has 0 aromatic carbocycles. The average Bonchev–Trinajstić information content (AvgIpc) is 2.43. The van der Waals surface area contributed by atoms with Gasteiger partial charge in [-0.3, -0.25) is 0 Å². The van der Waals surface area contributed by atoms with Crippen molar-refractivity contribution < 1.29 is 48.1 Å². The topological polar surface area (TPSA) is 0 Å². The van der Waals surface area contributed by atoms with Crippen LogP contribution in [0.3, 0.4) is 0 Å². The second-order valence-corrected chi connectivity index (χ2v) is 11.1. The summed E-state index contributed by atoms with van der Waals surface area (Å²) in [5, 5.41) is 0. The van der Waals surface area contributed by atoms with E-state index in [-0.39, 0.29) is 24.8 Å². The summed E-state index contributed by atoms with van der Waals surface area (Å²) in [6.45, 7) is 16.6. The molecule has 0 N–H and O–H groups in total. The summed E-state index contributed by atoms with van der Waals surface area (Å²) >= 11 is 2.44. The van der Waals surface area contributed by atoms with Gasteiger partial charge in [-0.25, -0.2) is 0 Å². The van der Waals surface area contributed by atoms with E-state index >= 15 is 0 Å². The van der Waals surface area contributed by atoms with Crippen molar-refractivity contribution in [3.05, 3.63) is 22.9 Å². The molecule has 0 radical (unpaired) electrons. The van der Waals surface area contributed by atoms with E-state index in [0.29, 0.717) is 5.54 Å². The van der Waals surface area contributed by atoms with Crippen molar-refractivity contribution in [2.75, 3.05) is 0 Å². The van der Waals surface area contributed by atoms with Gasteiger partial charge in [-0.15, -0.1) is 0 Å². The first-order valence-corrected chi connectivity index (χ1v) is 9.64. The smallest absolute Gasteiger partial charge is 1.00 e. The van der Waals surface area contributed by atoms with Gasteiger partial charge in [-0.2, -0.15) is 0 Å². The summed E-state index contributed by atoms with van der Waals surface area (Å²) < 4.78 is 1.18. The molecule has 5 heteroatoms. The monoisotopic (exact) mass is 341 g/mol. The first-order valence-electron chi connectivity index (χ1n) is 6.12. The molecule has 0 aromatic rings. The van der Waals surface area contributed by atoms with Crippen molar-refractivity contribution in [2.24, 2.45) is 0 Å². The minimum Gasteiger partial charge on any atom is -1.00 e. The predicted molar refractivity (Wildman–Crippen MR) is 70.0 cm³/mol. The Hall–Kier alpha value is 0.951. The maximum absolute atomic E-state index is 2.47. The minimum absolute atomic E-state index is 0. The van der Waals surface area contributed by atoms with Crippen LogP contribution in [0, 0.1) is 0 Å². The summed E-state index contributed by atoms with van der Waals surface area (Å²) in [5.41, 5.74) is 4.98. The van der Waals surface area contributed by atoms with E-state index in [4.69, 9.17) is 0 Å². The van der Waals surface area contributed by atoms with E-state index in [9.17, 15) is 0 Å². The van der Waals surface area contributed by atoms with Crippen LogP contribution >= 0.6 is 0 Å². The largest absolute Gasteiger partial charge is 1.00 e. The molecule has 1 rings (SSSR count). The number of hydrogen-bond acceptors (Lipinski definition) is 0. The third-order valence-corrected chi connectivity index (χ3v) is 10.4. The molecule has 0 heterocycles. The van der Waals surface area contributed by atoms with Gasteiger partial charge in [0, 0.05) is 0 Å². The number of halogens is 2. The molecule has 0 aliphatic heterocycles. The van der Waals surface area contributed by atoms with Crippen molar-refractivity contribution in [3.63, 3.8) is 0 Å². The fourth-order valence-electron chi connectivity index (χ4n) is 2.60. The van der Waals surface area contributed by atoms with Crippen LogP contribution in [-0.2, 0) is 20.7 Å². The van der Waals surface area contributed by atoms with Crippen LogP contribution in [0.2, 0.25) is 13.1 Å². The standard InChI is InChI=1S/C13H25NSi.2ClH.Ti/c1-10-8-12(9-11(10)2)14(15(6)7)13(3,4)5;;;/h8,15H,9H2,1-7H3;2*1H;/q;;;+1/p-2. The first kappa shape index (κ1) is 21.3. The zero-order valence-electron chi connectivity index (χ0n) is 12.6. The third kappa shape index (κ3) is 3.74. The fraction of sp³-hybridized carbons (Fsp3) is 0.692. The summed E-state index contributed by atoms with van der Waals surface area (Å²) in [7, 11) is -0.791. The SMILES string of the molecule is CC1=C(C)CC([N+]([Ti])([SiH](C)C)C(C)(C)C)=C1.[Cl-].[Cl-]. The quantitative estimate of drug-likeness (QED) is 0.495. The maximum atomic E-state index is 2.47. The Balaban J connectivity index is 0. The molecule has 0 saturated carbocycles. The summed E-state index contributed by atoms with van der Waals surface area (Å²) in [5.74, 6) is 0. The Labute approximate surface area is 139 Å². The van der Waals surface area contributed by atoms with Crippen LogP contribution in [0.15, 0.2) is 22.9 Å². The van der Waals surface area contributed by atoms with Gasteiger partial charge in [0.05, 0.1) is 0 Å². The Morgan fingerprint density at radius 1 is 1.17 bits per heavy atom. The van der Waals surface area contributed by atoms with Gasteiger partial charge in [-0.1, -0.05) is 0 Å². The maximum Gasteiger partial charge on any atom is -1.00 e. The molecule has 0 amide bonds. The molecule has 0 spiro atoms. The Morgan fingerprint density at radius 2 is 1.61 bits per heavy atom. The third-order valence-electron chi connectivity index (χ3n) is 3.79. The average molecular weight is 342 g/mol. The fourth-order valence-corrected chi connectivity index (χ4v) is 5.20. The van der Waals surface area contributed by atoms with Gasteiger partial charge >= 0.3 is 115 Å². The van der Waals surface area contributed by atoms with Gasteiger partial charge < -0.3 is 24.8 Å². The van der Waals surface area contributed by atoms with Gasteiger partial charge in [0.1, 0.15) is 0 Å². The number of hydrogen-bond donors (Lipinski definition) is 0. The zero-order valence-corrected chi connectivity index (χ0v) is 16.8. The van der Waals surface area contributed by atoms with E-state index in [1.54, 1.807) is 11.3 Å². The van der Waals surface area contributed by atoms with E-state index in [1.807, 2.05) is 0 Å². The molecule has 1 aliphatic carbocycles. The molecule has 1 nitrogen and oxygen atoms in total. The van der Waals surface area contributed by atoms with Crippen LogP contribution in [-0.4, -0.2) is 17.1 Å². The molecule has 18 heavy (non-hydrogen) atoms. The molecule has 1 aliphatic rings. The predicted octanol–water partition coefficient (Wildman–Crippen LogP) is -2.32. The first-order chi connectivity index (χ1) is 7.10. The molecule has 0 bridgehead atoms. The van der Waals surface area contributed by atoms with Gasteiger partial charge in [0.2, 0.25) is 0 Å². The van der Waals surface area contributed by atoms with Crippen molar-refractivity contribution in [3.8, 4) is 0 Å². The normalized spacial score (nSPS) is 18.9. The molecule has 1 unspecified atom stereocenters. The molecule has 0 fully saturated rings. The van der Waals surface area contributed by atoms with Crippen LogP contribution in [0.25, 0.3) is 0 Å². The summed E-state index contributed by atoms with van der Waals surface area (Å²) in [6, 6.07) is 0. The summed E-state index contributed by atoms with van der Waals surface area (Å²) in [4.78, 5) is 0. The van der Waals surface area contributed by atoms with Crippen molar-refractivity contribution >= 4 is 8.96 Å². The van der Waals surface area contributed by atoms with Gasteiger partial charge in [-0.05, 0) is 0 Å². The van der Waals surface area contributed by atoms with E-state index < -0.39 is 8.96 Å². The van der Waals surface area contributed by atoms with E-state index in [1.165, 1.54) is 14.6 Å². The molecular formula is C13H25Cl2NSiTi-. The van der Waals surface area contributed by atoms with Gasteiger partial charge in [0.15, 0.2) is 0 Å². The number of nitrogens with zero attached hydrogens (tertiary/aromatic N) is 1. The van der Waals surface area contributed by atoms with E-state index in [0.717, 1.165) is 0 Å². The van der Waals surface area contributed by atoms with Crippen molar-refractivity contribution in [1.29, 1.82) is 0 Å². The van der Waals surface area contributed by atoms with Gasteiger partial charge in [0.25, 0.3) is 0 Å². The molecule has 0 saturated heterocycles. The second kappa shape index (κ2) is 7.10. The number of quaternary nitrogens is 1. The molecule has 105 valence electrons. The van der Waals surface area contributed by atoms with Crippen molar-refractivity contribution in [2.45, 2.75) is 59.7 Å². The summed E-state index contributed by atoms with van der Waals surface area (Å²) in [6.07, 6.45) is 3.62. The molecular weight excluding hydrogens is 317 g/mol. The number of rotatable bonds is 2. The van der Waals surface area contributed by atoms with Crippen LogP contribution < -0.4 is 24.8 Å². The molecule has 0 aromatic heterocycles. The number of allylic oxidation sites excluding steroid dienone is 3. The Kier molecular flexibility index (Phi) is 8.38. The van der Waals surface area contributed by atoms with Crippen molar-refractivity contribution in [1.82, 2.24) is 0 Å². The second-order valence-electron chi connectivity index (χ2n) is 6.26. The Morgan fingerprint density at radius 3 is 1.83 bits per heavy atom. The molecule has 1 atom stereocenters. The Bertz CT molecular complexity index is 358. The zero-order chi connectivity index (χ0) is 12.7. The van der Waals surface area contributed by atoms with Crippen LogP contribution in [0.5, 0.6) is 0 Å².